The molecule has 2 N–H and O–H groups in total. The van der Waals surface area contributed by atoms with Gasteiger partial charge < -0.3 is 15.0 Å². The highest BCUT2D eigenvalue weighted by molar-refractivity contribution is 6.03. The normalized spacial score (nSPS) is 30.7. The zero-order valence-electron chi connectivity index (χ0n) is 21.5. The van der Waals surface area contributed by atoms with Crippen molar-refractivity contribution in [2.75, 3.05) is 5.32 Å². The predicted octanol–water partition coefficient (Wildman–Crippen LogP) is 6.01. The van der Waals surface area contributed by atoms with Crippen molar-refractivity contribution in [2.45, 2.75) is 89.3 Å². The van der Waals surface area contributed by atoms with Crippen LogP contribution in [0.1, 0.15) is 100 Å². The first-order chi connectivity index (χ1) is 17.0. The molecule has 0 saturated carbocycles. The highest BCUT2D eigenvalue weighted by Crippen LogP contribution is 2.56. The van der Waals surface area contributed by atoms with Crippen LogP contribution in [0.2, 0.25) is 0 Å². The lowest BCUT2D eigenvalue weighted by atomic mass is 9.67. The van der Waals surface area contributed by atoms with E-state index in [2.05, 4.69) is 61.2 Å². The third-order valence-electron chi connectivity index (χ3n) is 8.29. The number of nitrogens with one attached hydrogen (secondary N) is 2. The van der Waals surface area contributed by atoms with Gasteiger partial charge in [0, 0.05) is 11.3 Å². The summed E-state index contributed by atoms with van der Waals surface area (Å²) in [5.41, 5.74) is 3.03. The van der Waals surface area contributed by atoms with Crippen molar-refractivity contribution in [3.05, 3.63) is 53.1 Å². The van der Waals surface area contributed by atoms with Crippen molar-refractivity contribution in [3.63, 3.8) is 0 Å². The minimum Gasteiger partial charge on any atom is -0.369 e. The molecule has 0 radical (unpaired) electrons. The Morgan fingerprint density at radius 1 is 1.11 bits per heavy atom. The van der Waals surface area contributed by atoms with E-state index in [4.69, 9.17) is 10.00 Å². The number of carbonyl (C=O) groups excluding carboxylic acids is 1. The Bertz CT molecular complexity index is 1320. The lowest BCUT2D eigenvalue weighted by Crippen LogP contribution is -2.48. The number of imidazole rings is 1. The van der Waals surface area contributed by atoms with E-state index in [1.807, 2.05) is 18.2 Å². The minimum atomic E-state index is -0.646. The Labute approximate surface area is 212 Å². The van der Waals surface area contributed by atoms with Crippen molar-refractivity contribution in [3.8, 4) is 12.1 Å². The van der Waals surface area contributed by atoms with Gasteiger partial charge in [0.25, 0.3) is 5.91 Å². The molecule has 186 valence electrons. The highest BCUT2D eigenvalue weighted by Gasteiger charge is 2.57. The molecule has 0 spiro atoms. The third-order valence-corrected chi connectivity index (χ3v) is 8.29. The van der Waals surface area contributed by atoms with Gasteiger partial charge in [-0.25, -0.2) is 4.98 Å². The number of amides is 1. The van der Waals surface area contributed by atoms with E-state index in [1.54, 1.807) is 0 Å². The number of nitrogens with zero attached hydrogens (tertiary/aromatic N) is 3. The Morgan fingerprint density at radius 2 is 1.83 bits per heavy atom. The maximum Gasteiger partial charge on any atom is 0.291 e. The van der Waals surface area contributed by atoms with Crippen molar-refractivity contribution < 1.29 is 9.53 Å². The van der Waals surface area contributed by atoms with E-state index in [-0.39, 0.29) is 28.1 Å². The molecule has 2 bridgehead atoms. The van der Waals surface area contributed by atoms with Gasteiger partial charge in [0.15, 0.2) is 5.82 Å². The minimum absolute atomic E-state index is 0.0932. The second kappa shape index (κ2) is 8.32. The van der Waals surface area contributed by atoms with E-state index in [9.17, 15) is 10.1 Å². The second-order valence-corrected chi connectivity index (χ2v) is 12.1. The number of fused-ring (bicyclic) bond motifs is 2. The van der Waals surface area contributed by atoms with E-state index < -0.39 is 11.3 Å². The van der Waals surface area contributed by atoms with Gasteiger partial charge in [-0.15, -0.1) is 0 Å². The molecule has 2 unspecified atom stereocenters. The molecule has 5 rings (SSSR count). The second-order valence-electron chi connectivity index (χ2n) is 12.1. The molecule has 7 heteroatoms. The van der Waals surface area contributed by atoms with E-state index in [0.29, 0.717) is 18.5 Å². The van der Waals surface area contributed by atoms with Gasteiger partial charge in [-0.05, 0) is 87.5 Å². The Kier molecular flexibility index (Phi) is 5.61. The van der Waals surface area contributed by atoms with Gasteiger partial charge in [0.2, 0.25) is 0 Å². The number of hydrogen-bond acceptors (Lipinski definition) is 5. The quantitative estimate of drug-likeness (QED) is 0.553. The van der Waals surface area contributed by atoms with Crippen LogP contribution in [0.5, 0.6) is 0 Å². The number of benzene rings is 1. The van der Waals surface area contributed by atoms with Gasteiger partial charge in [0.05, 0.1) is 28.9 Å². The summed E-state index contributed by atoms with van der Waals surface area (Å²) in [6.45, 7) is 8.80. The molecule has 1 aliphatic carbocycles. The number of rotatable bonds is 4. The number of anilines is 1. The van der Waals surface area contributed by atoms with Crippen LogP contribution in [-0.4, -0.2) is 27.1 Å². The lowest BCUT2D eigenvalue weighted by Gasteiger charge is -2.45. The van der Waals surface area contributed by atoms with Crippen LogP contribution in [0.4, 0.5) is 5.69 Å². The van der Waals surface area contributed by atoms with Crippen LogP contribution < -0.4 is 5.32 Å². The van der Waals surface area contributed by atoms with Crippen LogP contribution in [0.15, 0.2) is 30.5 Å². The van der Waals surface area contributed by atoms with Crippen LogP contribution in [-0.2, 0) is 10.2 Å². The first kappa shape index (κ1) is 24.3. The molecule has 3 atom stereocenters. The number of ether oxygens (including phenoxy) is 1. The molecule has 2 fully saturated rings. The third kappa shape index (κ3) is 4.33. The van der Waals surface area contributed by atoms with Crippen LogP contribution in [0.25, 0.3) is 5.57 Å². The maximum absolute atomic E-state index is 13.0. The molecular formula is C29H33N5O2. The molecule has 3 aliphatic rings. The number of carbonyl (C=O) groups is 1. The monoisotopic (exact) mass is 483 g/mol. The molecule has 2 saturated heterocycles. The van der Waals surface area contributed by atoms with Gasteiger partial charge >= 0.3 is 0 Å². The van der Waals surface area contributed by atoms with E-state index >= 15 is 0 Å². The summed E-state index contributed by atoms with van der Waals surface area (Å²) < 4.78 is 6.40. The summed E-state index contributed by atoms with van der Waals surface area (Å²) in [6.07, 6.45) is 9.76. The number of aromatic amines is 1. The Hall–Kier alpha value is -3.42. The SMILES string of the molecule is CC1(C)CC=C(c2cc(C3(C#N)CC4(C)CC[C@](C)(C3)O4)ccc2NC(=O)c2ncc(C#N)[nH]2)CC1. The molecule has 1 aromatic heterocycles. The zero-order chi connectivity index (χ0) is 25.8. The summed E-state index contributed by atoms with van der Waals surface area (Å²) in [4.78, 5) is 19.7. The number of allylic oxidation sites excluding steroid dienone is 2. The van der Waals surface area contributed by atoms with Crippen molar-refractivity contribution in [1.29, 1.82) is 10.5 Å². The Morgan fingerprint density at radius 3 is 2.42 bits per heavy atom. The van der Waals surface area contributed by atoms with Crippen LogP contribution in [0, 0.1) is 28.1 Å². The molecule has 1 aromatic carbocycles. The Balaban J connectivity index is 1.55. The van der Waals surface area contributed by atoms with Crippen LogP contribution >= 0.6 is 0 Å². The first-order valence-electron chi connectivity index (χ1n) is 12.7. The summed E-state index contributed by atoms with van der Waals surface area (Å²) in [7, 11) is 0. The molecule has 3 heterocycles. The fraction of sp³-hybridized carbons (Fsp3) is 0.517. The van der Waals surface area contributed by atoms with Crippen LogP contribution in [0.3, 0.4) is 0 Å². The predicted molar refractivity (Wildman–Crippen MR) is 137 cm³/mol. The van der Waals surface area contributed by atoms with Crippen molar-refractivity contribution in [1.82, 2.24) is 9.97 Å². The zero-order valence-corrected chi connectivity index (χ0v) is 21.5. The fourth-order valence-corrected chi connectivity index (χ4v) is 6.37. The van der Waals surface area contributed by atoms with Gasteiger partial charge in [0.1, 0.15) is 11.8 Å². The highest BCUT2D eigenvalue weighted by atomic mass is 16.5. The first-order valence-corrected chi connectivity index (χ1v) is 12.7. The smallest absolute Gasteiger partial charge is 0.291 e. The molecule has 7 nitrogen and oxygen atoms in total. The molecule has 36 heavy (non-hydrogen) atoms. The van der Waals surface area contributed by atoms with E-state index in [1.165, 1.54) is 11.8 Å². The largest absolute Gasteiger partial charge is 0.369 e. The average molecular weight is 484 g/mol. The van der Waals surface area contributed by atoms with E-state index in [0.717, 1.165) is 43.2 Å². The molecular weight excluding hydrogens is 450 g/mol. The number of nitriles is 2. The number of H-pyrrole nitrogens is 1. The van der Waals surface area contributed by atoms with Gasteiger partial charge in [-0.2, -0.15) is 10.5 Å². The molecule has 2 aromatic rings. The number of aromatic nitrogens is 2. The lowest BCUT2D eigenvalue weighted by molar-refractivity contribution is -0.138. The molecule has 2 aliphatic heterocycles. The standard InChI is InChI=1S/C29H33N5O2/c1-26(2)9-7-19(8-10-26)22-13-20(29(18-31)16-27(3)11-12-28(4,17-29)36-27)5-6-23(22)34-25(35)24-32-15-21(14-30)33-24/h5-7,13,15H,8-12,16-17H2,1-4H3,(H,32,33)(H,34,35)/t27-,28?,29?/m1/s1. The van der Waals surface area contributed by atoms with Crippen molar-refractivity contribution in [2.24, 2.45) is 5.41 Å². The average Bonchev–Trinajstić information content (AvgIpc) is 3.41. The fourth-order valence-electron chi connectivity index (χ4n) is 6.37. The van der Waals surface area contributed by atoms with Crippen molar-refractivity contribution >= 4 is 17.2 Å². The topological polar surface area (TPSA) is 115 Å². The summed E-state index contributed by atoms with van der Waals surface area (Å²) in [6, 6.07) is 10.7. The summed E-state index contributed by atoms with van der Waals surface area (Å²) in [5.74, 6) is -0.308. The maximum atomic E-state index is 13.0. The molecule has 1 amide bonds. The summed E-state index contributed by atoms with van der Waals surface area (Å²) >= 11 is 0. The summed E-state index contributed by atoms with van der Waals surface area (Å²) in [5, 5.41) is 22.6. The van der Waals surface area contributed by atoms with Gasteiger partial charge in [-0.1, -0.05) is 26.0 Å². The number of hydrogen-bond donors (Lipinski definition) is 2. The van der Waals surface area contributed by atoms with Gasteiger partial charge in [-0.3, -0.25) is 4.79 Å².